The van der Waals surface area contributed by atoms with Crippen LogP contribution in [0.1, 0.15) is 23.2 Å². The van der Waals surface area contributed by atoms with E-state index in [1.165, 1.54) is 4.57 Å². The standard InChI is InChI=1S/C24H25ClN2O4/c1-17-22(26(2)24(30)27(23(17)29)13-6-14-28)16-21(31-20-7-4-3-5-8-20)15-18-9-11-19(25)12-10-18/h3-5,7-12,16,28H,6,13-15H2,1-2H3/b21-16+. The third-order valence-electron chi connectivity index (χ3n) is 4.95. The molecule has 0 saturated heterocycles. The summed E-state index contributed by atoms with van der Waals surface area (Å²) >= 11 is 6.00. The van der Waals surface area contributed by atoms with Crippen LogP contribution in [0.25, 0.3) is 6.08 Å². The molecule has 0 atom stereocenters. The monoisotopic (exact) mass is 440 g/mol. The minimum absolute atomic E-state index is 0.0908. The van der Waals surface area contributed by atoms with Gasteiger partial charge in [-0.1, -0.05) is 41.9 Å². The molecule has 7 heteroatoms. The number of rotatable bonds is 8. The highest BCUT2D eigenvalue weighted by molar-refractivity contribution is 6.30. The maximum Gasteiger partial charge on any atom is 0.331 e. The Bertz CT molecular complexity index is 1140. The molecule has 0 saturated carbocycles. The predicted molar refractivity (Wildman–Crippen MR) is 123 cm³/mol. The normalized spacial score (nSPS) is 11.5. The molecule has 0 aliphatic rings. The van der Waals surface area contributed by atoms with Crippen molar-refractivity contribution in [1.82, 2.24) is 9.13 Å². The fraction of sp³-hybridized carbons (Fsp3) is 0.250. The molecule has 31 heavy (non-hydrogen) atoms. The first-order chi connectivity index (χ1) is 14.9. The zero-order chi connectivity index (χ0) is 22.4. The van der Waals surface area contributed by atoms with E-state index in [4.69, 9.17) is 21.4 Å². The lowest BCUT2D eigenvalue weighted by Crippen LogP contribution is -2.41. The SMILES string of the molecule is Cc1c(/C=C(\Cc2ccc(Cl)cc2)Oc2ccccc2)n(C)c(=O)n(CCCO)c1=O. The molecule has 0 aliphatic carbocycles. The van der Waals surface area contributed by atoms with Crippen molar-refractivity contribution in [1.29, 1.82) is 0 Å². The number of hydrogen-bond acceptors (Lipinski definition) is 4. The number of nitrogens with zero attached hydrogens (tertiary/aromatic N) is 2. The Labute approximate surface area is 185 Å². The molecule has 3 aromatic rings. The van der Waals surface area contributed by atoms with E-state index in [1.807, 2.05) is 42.5 Å². The van der Waals surface area contributed by atoms with Crippen LogP contribution in [0.5, 0.6) is 5.75 Å². The van der Waals surface area contributed by atoms with E-state index >= 15 is 0 Å². The largest absolute Gasteiger partial charge is 0.461 e. The topological polar surface area (TPSA) is 73.5 Å². The smallest absolute Gasteiger partial charge is 0.331 e. The van der Waals surface area contributed by atoms with Gasteiger partial charge in [-0.2, -0.15) is 0 Å². The fourth-order valence-corrected chi connectivity index (χ4v) is 3.40. The second-order valence-corrected chi connectivity index (χ2v) is 7.65. The van der Waals surface area contributed by atoms with Crippen molar-refractivity contribution in [2.75, 3.05) is 6.61 Å². The van der Waals surface area contributed by atoms with Crippen molar-refractivity contribution in [3.63, 3.8) is 0 Å². The van der Waals surface area contributed by atoms with Crippen LogP contribution in [-0.4, -0.2) is 20.8 Å². The van der Waals surface area contributed by atoms with E-state index in [-0.39, 0.29) is 18.7 Å². The summed E-state index contributed by atoms with van der Waals surface area (Å²) in [4.78, 5) is 25.6. The highest BCUT2D eigenvalue weighted by Gasteiger charge is 2.14. The van der Waals surface area contributed by atoms with E-state index in [9.17, 15) is 9.59 Å². The lowest BCUT2D eigenvalue weighted by atomic mass is 10.1. The van der Waals surface area contributed by atoms with Crippen LogP contribution in [0.4, 0.5) is 0 Å². The van der Waals surface area contributed by atoms with E-state index in [0.717, 1.165) is 10.1 Å². The van der Waals surface area contributed by atoms with E-state index in [0.29, 0.717) is 40.6 Å². The van der Waals surface area contributed by atoms with Crippen molar-refractivity contribution >= 4 is 17.7 Å². The molecule has 0 fully saturated rings. The summed E-state index contributed by atoms with van der Waals surface area (Å²) < 4.78 is 8.70. The Morgan fingerprint density at radius 1 is 1.10 bits per heavy atom. The van der Waals surface area contributed by atoms with Gasteiger partial charge < -0.3 is 9.84 Å². The van der Waals surface area contributed by atoms with Gasteiger partial charge in [0.05, 0.1) is 5.69 Å². The predicted octanol–water partition coefficient (Wildman–Crippen LogP) is 3.55. The summed E-state index contributed by atoms with van der Waals surface area (Å²) in [5.74, 6) is 1.24. The fourth-order valence-electron chi connectivity index (χ4n) is 3.28. The number of benzene rings is 2. The van der Waals surface area contributed by atoms with Crippen LogP contribution in [0.2, 0.25) is 5.02 Å². The summed E-state index contributed by atoms with van der Waals surface area (Å²) in [6.45, 7) is 1.77. The van der Waals surface area contributed by atoms with Crippen LogP contribution in [0.15, 0.2) is 69.9 Å². The second kappa shape index (κ2) is 10.3. The number of aliphatic hydroxyl groups is 1. The summed E-state index contributed by atoms with van der Waals surface area (Å²) in [6, 6.07) is 16.8. The van der Waals surface area contributed by atoms with Gasteiger partial charge in [0.15, 0.2) is 0 Å². The molecule has 162 valence electrons. The van der Waals surface area contributed by atoms with Gasteiger partial charge in [0.2, 0.25) is 0 Å². The average molecular weight is 441 g/mol. The molecule has 1 N–H and O–H groups in total. The van der Waals surface area contributed by atoms with Crippen molar-refractivity contribution < 1.29 is 9.84 Å². The first kappa shape index (κ1) is 22.6. The Balaban J connectivity index is 2.07. The number of aliphatic hydroxyl groups excluding tert-OH is 1. The number of aromatic nitrogens is 2. The van der Waals surface area contributed by atoms with Gasteiger partial charge in [-0.3, -0.25) is 13.9 Å². The molecule has 3 rings (SSSR count). The quantitative estimate of drug-likeness (QED) is 0.543. The van der Waals surface area contributed by atoms with Crippen molar-refractivity contribution in [3.05, 3.63) is 103 Å². The summed E-state index contributed by atoms with van der Waals surface area (Å²) in [7, 11) is 1.62. The van der Waals surface area contributed by atoms with Gasteiger partial charge in [-0.05, 0) is 43.2 Å². The van der Waals surface area contributed by atoms with Gasteiger partial charge in [0.1, 0.15) is 11.5 Å². The van der Waals surface area contributed by atoms with Gasteiger partial charge in [0, 0.05) is 43.3 Å². The third kappa shape index (κ3) is 5.54. The van der Waals surface area contributed by atoms with Crippen LogP contribution < -0.4 is 16.0 Å². The van der Waals surface area contributed by atoms with Crippen molar-refractivity contribution in [3.8, 4) is 5.75 Å². The molecule has 0 aliphatic heterocycles. The molecule has 2 aromatic carbocycles. The first-order valence-corrected chi connectivity index (χ1v) is 10.4. The Morgan fingerprint density at radius 3 is 2.42 bits per heavy atom. The van der Waals surface area contributed by atoms with E-state index in [1.54, 1.807) is 32.2 Å². The average Bonchev–Trinajstić information content (AvgIpc) is 2.77. The van der Waals surface area contributed by atoms with Crippen molar-refractivity contribution in [2.24, 2.45) is 7.05 Å². The lowest BCUT2D eigenvalue weighted by molar-refractivity contribution is 0.277. The highest BCUT2D eigenvalue weighted by atomic mass is 35.5. The van der Waals surface area contributed by atoms with Gasteiger partial charge in [0.25, 0.3) is 5.56 Å². The van der Waals surface area contributed by atoms with Crippen LogP contribution >= 0.6 is 11.6 Å². The minimum atomic E-state index is -0.430. The van der Waals surface area contributed by atoms with E-state index < -0.39 is 5.69 Å². The van der Waals surface area contributed by atoms with Gasteiger partial charge >= 0.3 is 5.69 Å². The maximum absolute atomic E-state index is 12.8. The molecule has 0 amide bonds. The molecule has 1 aromatic heterocycles. The molecule has 0 spiro atoms. The third-order valence-corrected chi connectivity index (χ3v) is 5.20. The summed E-state index contributed by atoms with van der Waals surface area (Å²) in [6.07, 6.45) is 2.52. The molecule has 0 bridgehead atoms. The number of para-hydroxylation sites is 1. The van der Waals surface area contributed by atoms with Crippen LogP contribution in [-0.2, 0) is 20.0 Å². The number of hydrogen-bond donors (Lipinski definition) is 1. The molecular formula is C24H25ClN2O4. The summed E-state index contributed by atoms with van der Waals surface area (Å²) in [5.41, 5.74) is 1.10. The van der Waals surface area contributed by atoms with Gasteiger partial charge in [-0.25, -0.2) is 4.79 Å². The lowest BCUT2D eigenvalue weighted by Gasteiger charge is -2.15. The van der Waals surface area contributed by atoms with Gasteiger partial charge in [-0.15, -0.1) is 0 Å². The number of ether oxygens (including phenoxy) is 1. The molecular weight excluding hydrogens is 416 g/mol. The Kier molecular flexibility index (Phi) is 7.50. The molecule has 6 nitrogen and oxygen atoms in total. The minimum Gasteiger partial charge on any atom is -0.461 e. The highest BCUT2D eigenvalue weighted by Crippen LogP contribution is 2.20. The summed E-state index contributed by atoms with van der Waals surface area (Å²) in [5, 5.41) is 9.70. The second-order valence-electron chi connectivity index (χ2n) is 7.21. The maximum atomic E-state index is 12.8. The number of halogens is 1. The Morgan fingerprint density at radius 2 is 1.77 bits per heavy atom. The molecule has 1 heterocycles. The zero-order valence-corrected chi connectivity index (χ0v) is 18.3. The van der Waals surface area contributed by atoms with Crippen LogP contribution in [0.3, 0.4) is 0 Å². The van der Waals surface area contributed by atoms with Crippen molar-refractivity contribution in [2.45, 2.75) is 26.3 Å². The van der Waals surface area contributed by atoms with E-state index in [2.05, 4.69) is 0 Å². The first-order valence-electron chi connectivity index (χ1n) is 10.00. The Hall–Kier alpha value is -3.09. The zero-order valence-electron chi connectivity index (χ0n) is 17.5. The number of allylic oxidation sites excluding steroid dienone is 1. The molecule has 0 unspecified atom stereocenters. The van der Waals surface area contributed by atoms with Crippen LogP contribution in [0, 0.1) is 6.92 Å². The molecule has 0 radical (unpaired) electrons.